The molecule has 1 aliphatic heterocycles. The van der Waals surface area contributed by atoms with Gasteiger partial charge in [0.1, 0.15) is 11.8 Å². The minimum atomic E-state index is -3.97. The highest BCUT2D eigenvalue weighted by Gasteiger charge is 2.40. The molecule has 0 saturated carbocycles. The number of rotatable bonds is 4. The Balaban J connectivity index is 2.46. The number of methoxy groups -OCH3 is 1. The Hall–Kier alpha value is -1.64. The van der Waals surface area contributed by atoms with Crippen molar-refractivity contribution >= 4 is 15.9 Å². The van der Waals surface area contributed by atoms with Gasteiger partial charge in [0.2, 0.25) is 15.9 Å². The number of primary amides is 1. The van der Waals surface area contributed by atoms with Crippen molar-refractivity contribution in [3.05, 3.63) is 30.7 Å². The number of hydrogen-bond acceptors (Lipinski definition) is 5. The van der Waals surface area contributed by atoms with Crippen LogP contribution < -0.4 is 10.5 Å². The standard InChI is InChI=1S/C14H19N2O5S/c1-21-10-5-4-6-11(9-10)22(19,20)16-8-3-2-7-12(17)13(16)14(15)18/h4-7,9,12-13,17H,2-3,8H2,1H3,(H2,15,18). The zero-order chi connectivity index (χ0) is 16.3. The number of carbonyl (C=O) groups is 1. The van der Waals surface area contributed by atoms with E-state index >= 15 is 0 Å². The summed E-state index contributed by atoms with van der Waals surface area (Å²) in [6.45, 7) is 0.112. The maximum absolute atomic E-state index is 12.8. The molecule has 2 atom stereocenters. The van der Waals surface area contributed by atoms with Gasteiger partial charge in [-0.2, -0.15) is 4.31 Å². The lowest BCUT2D eigenvalue weighted by molar-refractivity contribution is -0.124. The van der Waals surface area contributed by atoms with E-state index in [2.05, 4.69) is 0 Å². The van der Waals surface area contributed by atoms with Gasteiger partial charge < -0.3 is 15.6 Å². The normalized spacial score (nSPS) is 23.7. The molecule has 1 amide bonds. The average Bonchev–Trinajstić information content (AvgIpc) is 2.69. The third kappa shape index (κ3) is 3.23. The number of benzene rings is 1. The van der Waals surface area contributed by atoms with E-state index in [4.69, 9.17) is 10.5 Å². The average molecular weight is 327 g/mol. The van der Waals surface area contributed by atoms with E-state index < -0.39 is 28.1 Å². The molecule has 3 N–H and O–H groups in total. The Bertz CT molecular complexity index is 646. The van der Waals surface area contributed by atoms with E-state index in [1.807, 2.05) is 0 Å². The molecule has 0 aliphatic carbocycles. The van der Waals surface area contributed by atoms with Gasteiger partial charge in [-0.1, -0.05) is 6.07 Å². The second-order valence-corrected chi connectivity index (χ2v) is 6.90. The molecular formula is C14H19N2O5S. The lowest BCUT2D eigenvalue weighted by Gasteiger charge is -2.29. The number of sulfonamides is 1. The van der Waals surface area contributed by atoms with E-state index in [-0.39, 0.29) is 11.4 Å². The molecule has 2 unspecified atom stereocenters. The van der Waals surface area contributed by atoms with Crippen molar-refractivity contribution in [2.24, 2.45) is 5.73 Å². The Morgan fingerprint density at radius 1 is 1.45 bits per heavy atom. The number of nitrogens with zero attached hydrogens (tertiary/aromatic N) is 1. The summed E-state index contributed by atoms with van der Waals surface area (Å²) < 4.78 is 31.6. The summed E-state index contributed by atoms with van der Waals surface area (Å²) in [6, 6.07) is 4.64. The summed E-state index contributed by atoms with van der Waals surface area (Å²) in [7, 11) is -2.54. The van der Waals surface area contributed by atoms with Crippen LogP contribution in [-0.4, -0.2) is 49.5 Å². The molecule has 121 valence electrons. The first-order chi connectivity index (χ1) is 10.4. The van der Waals surface area contributed by atoms with E-state index in [1.165, 1.54) is 25.7 Å². The number of aliphatic hydroxyl groups excluding tert-OH is 1. The van der Waals surface area contributed by atoms with Crippen LogP contribution in [0.15, 0.2) is 29.2 Å². The Labute approximate surface area is 129 Å². The van der Waals surface area contributed by atoms with Crippen molar-refractivity contribution in [1.82, 2.24) is 4.31 Å². The fourth-order valence-corrected chi connectivity index (χ4v) is 4.13. The summed E-state index contributed by atoms with van der Waals surface area (Å²) in [4.78, 5) is 11.6. The third-order valence-electron chi connectivity index (χ3n) is 3.56. The highest BCUT2D eigenvalue weighted by atomic mass is 32.2. The number of hydrogen-bond donors (Lipinski definition) is 2. The van der Waals surface area contributed by atoms with E-state index in [9.17, 15) is 18.3 Å². The summed E-state index contributed by atoms with van der Waals surface area (Å²) in [6.07, 6.45) is 1.30. The van der Waals surface area contributed by atoms with Crippen LogP contribution in [-0.2, 0) is 14.8 Å². The van der Waals surface area contributed by atoms with Gasteiger partial charge in [0.05, 0.1) is 18.1 Å². The SMILES string of the molecule is COc1cccc(S(=O)(=O)N2CCC[CH]C(O)C2C(N)=O)c1. The molecule has 8 heteroatoms. The molecule has 1 radical (unpaired) electrons. The van der Waals surface area contributed by atoms with Gasteiger partial charge in [-0.05, 0) is 31.4 Å². The van der Waals surface area contributed by atoms with E-state index in [1.54, 1.807) is 12.1 Å². The smallest absolute Gasteiger partial charge is 0.244 e. The van der Waals surface area contributed by atoms with E-state index in [0.29, 0.717) is 18.6 Å². The van der Waals surface area contributed by atoms with Gasteiger partial charge >= 0.3 is 0 Å². The lowest BCUT2D eigenvalue weighted by Crippen LogP contribution is -2.53. The third-order valence-corrected chi connectivity index (χ3v) is 5.44. The van der Waals surface area contributed by atoms with Crippen LogP contribution in [0.3, 0.4) is 0 Å². The predicted molar refractivity (Wildman–Crippen MR) is 79.4 cm³/mol. The molecule has 2 rings (SSSR count). The van der Waals surface area contributed by atoms with Crippen molar-refractivity contribution in [3.63, 3.8) is 0 Å². The van der Waals surface area contributed by atoms with Crippen molar-refractivity contribution in [1.29, 1.82) is 0 Å². The van der Waals surface area contributed by atoms with Gasteiger partial charge in [0.25, 0.3) is 0 Å². The van der Waals surface area contributed by atoms with Gasteiger partial charge in [0.15, 0.2) is 0 Å². The van der Waals surface area contributed by atoms with Crippen LogP contribution >= 0.6 is 0 Å². The number of carbonyl (C=O) groups excluding carboxylic acids is 1. The highest BCUT2D eigenvalue weighted by Crippen LogP contribution is 2.26. The van der Waals surface area contributed by atoms with Gasteiger partial charge in [-0.25, -0.2) is 8.42 Å². The van der Waals surface area contributed by atoms with Crippen molar-refractivity contribution in [3.8, 4) is 5.75 Å². The van der Waals surface area contributed by atoms with Crippen LogP contribution in [0.25, 0.3) is 0 Å². The minimum absolute atomic E-state index is 0.00722. The number of ether oxygens (including phenoxy) is 1. The van der Waals surface area contributed by atoms with Crippen molar-refractivity contribution < 1.29 is 23.1 Å². The van der Waals surface area contributed by atoms with Crippen molar-refractivity contribution in [2.75, 3.05) is 13.7 Å². The Kier molecular flexibility index (Phi) is 5.05. The summed E-state index contributed by atoms with van der Waals surface area (Å²) in [5.41, 5.74) is 5.30. The van der Waals surface area contributed by atoms with Gasteiger partial charge in [0, 0.05) is 12.6 Å². The van der Waals surface area contributed by atoms with Crippen LogP contribution in [0, 0.1) is 6.42 Å². The second kappa shape index (κ2) is 6.64. The predicted octanol–water partition coefficient (Wildman–Crippen LogP) is -0.101. The Morgan fingerprint density at radius 3 is 2.82 bits per heavy atom. The first-order valence-corrected chi connectivity index (χ1v) is 8.28. The molecule has 22 heavy (non-hydrogen) atoms. The van der Waals surface area contributed by atoms with Gasteiger partial charge in [-0.15, -0.1) is 0 Å². The largest absolute Gasteiger partial charge is 0.497 e. The highest BCUT2D eigenvalue weighted by molar-refractivity contribution is 7.89. The molecule has 1 heterocycles. The molecule has 0 spiro atoms. The van der Waals surface area contributed by atoms with Crippen LogP contribution in [0.1, 0.15) is 12.8 Å². The first-order valence-electron chi connectivity index (χ1n) is 6.84. The Morgan fingerprint density at radius 2 is 2.18 bits per heavy atom. The van der Waals surface area contributed by atoms with E-state index in [0.717, 1.165) is 4.31 Å². The fourth-order valence-electron chi connectivity index (χ4n) is 2.45. The van der Waals surface area contributed by atoms with Crippen LogP contribution in [0.4, 0.5) is 0 Å². The molecule has 0 aromatic heterocycles. The molecule has 0 bridgehead atoms. The summed E-state index contributed by atoms with van der Waals surface area (Å²) >= 11 is 0. The molecule has 1 aromatic rings. The zero-order valence-corrected chi connectivity index (χ0v) is 13.0. The number of nitrogens with two attached hydrogens (primary N) is 1. The molecule has 1 aliphatic rings. The quantitative estimate of drug-likeness (QED) is 0.802. The summed E-state index contributed by atoms with van der Waals surface area (Å²) in [5.74, 6) is -0.490. The van der Waals surface area contributed by atoms with Gasteiger partial charge in [-0.3, -0.25) is 4.79 Å². The molecule has 1 aromatic carbocycles. The maximum atomic E-state index is 12.8. The summed E-state index contributed by atoms with van der Waals surface area (Å²) in [5, 5.41) is 10.0. The topological polar surface area (TPSA) is 110 Å². The molecule has 1 fully saturated rings. The second-order valence-electron chi connectivity index (χ2n) is 5.01. The van der Waals surface area contributed by atoms with Crippen LogP contribution in [0.2, 0.25) is 0 Å². The van der Waals surface area contributed by atoms with Crippen molar-refractivity contribution in [2.45, 2.75) is 29.9 Å². The minimum Gasteiger partial charge on any atom is -0.497 e. The lowest BCUT2D eigenvalue weighted by atomic mass is 10.1. The molecule has 7 nitrogen and oxygen atoms in total. The molecule has 1 saturated heterocycles. The zero-order valence-electron chi connectivity index (χ0n) is 12.2. The maximum Gasteiger partial charge on any atom is 0.244 e. The molecular weight excluding hydrogens is 308 g/mol. The monoisotopic (exact) mass is 327 g/mol. The fraction of sp³-hybridized carbons (Fsp3) is 0.429. The first kappa shape index (κ1) is 16.7. The van der Waals surface area contributed by atoms with Crippen LogP contribution in [0.5, 0.6) is 5.75 Å². The number of amides is 1. The number of aliphatic hydroxyl groups is 1.